The fourth-order valence-corrected chi connectivity index (χ4v) is 1.99. The Morgan fingerprint density at radius 3 is 2.52 bits per heavy atom. The lowest BCUT2D eigenvalue weighted by atomic mass is 10.2. The maximum absolute atomic E-state index is 13.1. The lowest BCUT2D eigenvalue weighted by molar-refractivity contribution is 0.102. The summed E-state index contributed by atoms with van der Waals surface area (Å²) in [5.41, 5.74) is 0.800. The first kappa shape index (κ1) is 13.2. The lowest BCUT2D eigenvalue weighted by Crippen LogP contribution is -2.12. The van der Waals surface area contributed by atoms with E-state index in [0.29, 0.717) is 10.9 Å². The van der Waals surface area contributed by atoms with Crippen LogP contribution in [-0.4, -0.2) is 10.9 Å². The van der Waals surface area contributed by atoms with Gasteiger partial charge in [0.25, 0.3) is 5.91 Å². The van der Waals surface area contributed by atoms with Crippen LogP contribution in [0.2, 0.25) is 0 Å². The summed E-state index contributed by atoms with van der Waals surface area (Å²) >= 11 is 0. The summed E-state index contributed by atoms with van der Waals surface area (Å²) in [6.07, 6.45) is 0. The summed E-state index contributed by atoms with van der Waals surface area (Å²) in [6, 6.07) is 8.69. The van der Waals surface area contributed by atoms with E-state index in [9.17, 15) is 18.0 Å². The minimum absolute atomic E-state index is 0.128. The highest BCUT2D eigenvalue weighted by atomic mass is 19.2. The van der Waals surface area contributed by atoms with Gasteiger partial charge >= 0.3 is 0 Å². The van der Waals surface area contributed by atoms with Gasteiger partial charge in [-0.05, 0) is 36.4 Å². The van der Waals surface area contributed by atoms with Crippen LogP contribution < -0.4 is 5.32 Å². The average Bonchev–Trinajstić information content (AvgIpc) is 2.86. The van der Waals surface area contributed by atoms with Crippen LogP contribution in [0.3, 0.4) is 0 Å². The lowest BCUT2D eigenvalue weighted by Gasteiger charge is -2.03. The molecule has 0 atom stereocenters. The highest BCUT2D eigenvalue weighted by Crippen LogP contribution is 2.18. The zero-order valence-electron chi connectivity index (χ0n) is 10.6. The number of aromatic nitrogens is 1. The molecule has 106 valence electrons. The van der Waals surface area contributed by atoms with Crippen LogP contribution in [-0.2, 0) is 0 Å². The smallest absolute Gasteiger partial charge is 0.272 e. The predicted molar refractivity (Wildman–Crippen MR) is 72.6 cm³/mol. The number of fused-ring (bicyclic) bond motifs is 1. The van der Waals surface area contributed by atoms with Gasteiger partial charge in [0.1, 0.15) is 11.5 Å². The first-order chi connectivity index (χ1) is 10.0. The number of benzene rings is 2. The Bertz CT molecular complexity index is 842. The summed E-state index contributed by atoms with van der Waals surface area (Å²) in [5.74, 6) is -2.99. The average molecular weight is 290 g/mol. The van der Waals surface area contributed by atoms with Crippen molar-refractivity contribution >= 4 is 22.5 Å². The van der Waals surface area contributed by atoms with Crippen molar-refractivity contribution in [2.24, 2.45) is 0 Å². The van der Waals surface area contributed by atoms with Crippen LogP contribution in [0.5, 0.6) is 0 Å². The summed E-state index contributed by atoms with van der Waals surface area (Å²) in [7, 11) is 0. The van der Waals surface area contributed by atoms with E-state index < -0.39 is 23.4 Å². The van der Waals surface area contributed by atoms with E-state index in [1.165, 1.54) is 24.3 Å². The van der Waals surface area contributed by atoms with Gasteiger partial charge in [-0.15, -0.1) is 0 Å². The molecule has 1 amide bonds. The van der Waals surface area contributed by atoms with E-state index in [1.807, 2.05) is 0 Å². The summed E-state index contributed by atoms with van der Waals surface area (Å²) < 4.78 is 39.0. The van der Waals surface area contributed by atoms with Crippen LogP contribution in [0.4, 0.5) is 18.9 Å². The molecule has 3 aromatic rings. The van der Waals surface area contributed by atoms with Crippen LogP contribution in [0, 0.1) is 17.5 Å². The van der Waals surface area contributed by atoms with Gasteiger partial charge in [-0.25, -0.2) is 13.2 Å². The fraction of sp³-hybridized carbons (Fsp3) is 0. The van der Waals surface area contributed by atoms with Crippen molar-refractivity contribution in [3.8, 4) is 0 Å². The normalized spacial score (nSPS) is 10.8. The third-order valence-corrected chi connectivity index (χ3v) is 3.01. The van der Waals surface area contributed by atoms with Crippen molar-refractivity contribution in [2.75, 3.05) is 5.32 Å². The molecule has 0 unspecified atom stereocenters. The molecule has 21 heavy (non-hydrogen) atoms. The second-order valence-electron chi connectivity index (χ2n) is 4.50. The van der Waals surface area contributed by atoms with Gasteiger partial charge in [0.15, 0.2) is 11.6 Å². The Hall–Kier alpha value is -2.76. The quantitative estimate of drug-likeness (QED) is 0.740. The number of nitrogens with one attached hydrogen (secondary N) is 2. The molecule has 0 spiro atoms. The summed E-state index contributed by atoms with van der Waals surface area (Å²) in [5, 5.41) is 3.10. The van der Waals surface area contributed by atoms with E-state index >= 15 is 0 Å². The minimum atomic E-state index is -1.05. The molecule has 0 radical (unpaired) electrons. The number of hydrogen-bond acceptors (Lipinski definition) is 1. The fourth-order valence-electron chi connectivity index (χ4n) is 1.99. The van der Waals surface area contributed by atoms with Gasteiger partial charge in [0, 0.05) is 22.7 Å². The standard InChI is InChI=1S/C15H9F3N2O/c16-9-2-1-8-5-14(20-13(8)6-9)15(21)19-10-3-4-11(17)12(18)7-10/h1-7,20H,(H,19,21). The molecule has 0 aliphatic heterocycles. The van der Waals surface area contributed by atoms with E-state index in [1.54, 1.807) is 6.07 Å². The monoisotopic (exact) mass is 290 g/mol. The van der Waals surface area contributed by atoms with Crippen molar-refractivity contribution in [1.29, 1.82) is 0 Å². The highest BCUT2D eigenvalue weighted by Gasteiger charge is 2.11. The molecule has 3 nitrogen and oxygen atoms in total. The zero-order valence-corrected chi connectivity index (χ0v) is 10.6. The molecular weight excluding hydrogens is 281 g/mol. The van der Waals surface area contributed by atoms with E-state index in [0.717, 1.165) is 12.1 Å². The Morgan fingerprint density at radius 2 is 1.76 bits per heavy atom. The third kappa shape index (κ3) is 2.60. The zero-order chi connectivity index (χ0) is 15.0. The van der Waals surface area contributed by atoms with Crippen molar-refractivity contribution in [3.63, 3.8) is 0 Å². The van der Waals surface area contributed by atoms with Gasteiger partial charge in [-0.1, -0.05) is 0 Å². The van der Waals surface area contributed by atoms with Gasteiger partial charge in [-0.3, -0.25) is 4.79 Å². The Morgan fingerprint density at radius 1 is 0.952 bits per heavy atom. The van der Waals surface area contributed by atoms with Gasteiger partial charge in [0.05, 0.1) is 0 Å². The number of anilines is 1. The molecule has 3 rings (SSSR count). The van der Waals surface area contributed by atoms with Crippen molar-refractivity contribution < 1.29 is 18.0 Å². The van der Waals surface area contributed by atoms with Gasteiger partial charge in [0.2, 0.25) is 0 Å². The molecule has 0 saturated carbocycles. The number of carbonyl (C=O) groups excluding carboxylic acids is 1. The van der Waals surface area contributed by atoms with E-state index in [2.05, 4.69) is 10.3 Å². The molecule has 1 heterocycles. The number of halogens is 3. The first-order valence-electron chi connectivity index (χ1n) is 6.07. The van der Waals surface area contributed by atoms with Crippen LogP contribution in [0.15, 0.2) is 42.5 Å². The van der Waals surface area contributed by atoms with E-state index in [-0.39, 0.29) is 11.4 Å². The van der Waals surface area contributed by atoms with Crippen LogP contribution >= 0.6 is 0 Å². The SMILES string of the molecule is O=C(Nc1ccc(F)c(F)c1)c1cc2ccc(F)cc2[nH]1. The highest BCUT2D eigenvalue weighted by molar-refractivity contribution is 6.05. The number of H-pyrrole nitrogens is 1. The molecule has 0 saturated heterocycles. The van der Waals surface area contributed by atoms with Crippen molar-refractivity contribution in [1.82, 2.24) is 4.98 Å². The van der Waals surface area contributed by atoms with Gasteiger partial charge in [-0.2, -0.15) is 0 Å². The maximum Gasteiger partial charge on any atom is 0.272 e. The molecular formula is C15H9F3N2O. The molecule has 2 N–H and O–H groups in total. The molecule has 1 aromatic heterocycles. The number of hydrogen-bond donors (Lipinski definition) is 2. The maximum atomic E-state index is 13.1. The Labute approximate surface area is 117 Å². The molecule has 0 fully saturated rings. The second-order valence-corrected chi connectivity index (χ2v) is 4.50. The van der Waals surface area contributed by atoms with Crippen LogP contribution in [0.1, 0.15) is 10.5 Å². The number of rotatable bonds is 2. The second kappa shape index (κ2) is 4.97. The molecule has 0 bridgehead atoms. The topological polar surface area (TPSA) is 44.9 Å². The minimum Gasteiger partial charge on any atom is -0.350 e. The summed E-state index contributed by atoms with van der Waals surface area (Å²) in [6.45, 7) is 0. The molecule has 6 heteroatoms. The molecule has 0 aliphatic carbocycles. The Kier molecular flexibility index (Phi) is 3.13. The predicted octanol–water partition coefficient (Wildman–Crippen LogP) is 3.84. The van der Waals surface area contributed by atoms with Gasteiger partial charge < -0.3 is 10.3 Å². The number of carbonyl (C=O) groups is 1. The molecule has 0 aliphatic rings. The summed E-state index contributed by atoms with van der Waals surface area (Å²) in [4.78, 5) is 14.8. The third-order valence-electron chi connectivity index (χ3n) is 3.01. The number of aromatic amines is 1. The number of amides is 1. The van der Waals surface area contributed by atoms with Crippen LogP contribution in [0.25, 0.3) is 10.9 Å². The van der Waals surface area contributed by atoms with E-state index in [4.69, 9.17) is 0 Å². The molecule has 2 aromatic carbocycles. The van der Waals surface area contributed by atoms with Crippen molar-refractivity contribution in [3.05, 3.63) is 65.6 Å². The first-order valence-corrected chi connectivity index (χ1v) is 6.07. The van der Waals surface area contributed by atoms with Crippen molar-refractivity contribution in [2.45, 2.75) is 0 Å². The largest absolute Gasteiger partial charge is 0.350 e. The Balaban J connectivity index is 1.87.